The minimum absolute atomic E-state index is 0.0442. The number of sulfonamides is 1. The highest BCUT2D eigenvalue weighted by Gasteiger charge is 2.24. The molecule has 112 valence electrons. The Bertz CT molecular complexity index is 588. The van der Waals surface area contributed by atoms with Crippen molar-refractivity contribution in [1.82, 2.24) is 4.72 Å². The molecular weight excluding hydrogens is 285 g/mol. The van der Waals surface area contributed by atoms with Crippen LogP contribution < -0.4 is 9.46 Å². The lowest BCUT2D eigenvalue weighted by molar-refractivity contribution is 0.232. The Balaban J connectivity index is 1.96. The summed E-state index contributed by atoms with van der Waals surface area (Å²) in [7, 11) is -3.24. The van der Waals surface area contributed by atoms with Gasteiger partial charge in [0.1, 0.15) is 18.2 Å². The molecule has 0 aromatic heterocycles. The first-order valence-corrected chi connectivity index (χ1v) is 8.28. The van der Waals surface area contributed by atoms with Crippen LogP contribution >= 0.6 is 0 Å². The summed E-state index contributed by atoms with van der Waals surface area (Å²) in [6.45, 7) is 0.314. The third kappa shape index (κ3) is 3.91. The number of halogens is 1. The van der Waals surface area contributed by atoms with Crippen molar-refractivity contribution in [3.8, 4) is 5.75 Å². The highest BCUT2D eigenvalue weighted by Crippen LogP contribution is 2.32. The molecule has 0 bridgehead atoms. The van der Waals surface area contributed by atoms with E-state index in [1.54, 1.807) is 6.07 Å². The first kappa shape index (κ1) is 15.2. The van der Waals surface area contributed by atoms with E-state index in [2.05, 4.69) is 4.72 Å². The molecule has 1 aliphatic carbocycles. The minimum atomic E-state index is -3.24. The van der Waals surface area contributed by atoms with E-state index in [1.165, 1.54) is 6.07 Å². The number of aliphatic hydroxyl groups is 1. The van der Waals surface area contributed by atoms with Crippen LogP contribution in [0, 0.1) is 11.7 Å². The van der Waals surface area contributed by atoms with E-state index in [0.717, 1.165) is 11.8 Å². The lowest BCUT2D eigenvalue weighted by Crippen LogP contribution is -2.26. The summed E-state index contributed by atoms with van der Waals surface area (Å²) in [4.78, 5) is 0. The predicted octanol–water partition coefficient (Wildman–Crippen LogP) is 0.461. The van der Waals surface area contributed by atoms with Crippen molar-refractivity contribution >= 4 is 10.0 Å². The Morgan fingerprint density at radius 3 is 2.85 bits per heavy atom. The standard InChI is InChI=1S/C13H18FNO4S/c1-20(17,18)15-2-3-19-11-6-10-4-9(8-16)5-12(10)13(14)7-11/h6-7,9,15-16H,2-5,8H2,1H3. The van der Waals surface area contributed by atoms with E-state index >= 15 is 0 Å². The second-order valence-electron chi connectivity index (χ2n) is 5.01. The average Bonchev–Trinajstić information content (AvgIpc) is 2.77. The first-order valence-electron chi connectivity index (χ1n) is 6.38. The summed E-state index contributed by atoms with van der Waals surface area (Å²) in [5, 5.41) is 9.13. The van der Waals surface area contributed by atoms with Gasteiger partial charge in [-0.05, 0) is 36.0 Å². The fourth-order valence-corrected chi connectivity index (χ4v) is 2.81. The van der Waals surface area contributed by atoms with Crippen molar-refractivity contribution in [3.05, 3.63) is 29.1 Å². The number of ether oxygens (including phenoxy) is 1. The van der Waals surface area contributed by atoms with E-state index in [1.807, 2.05) is 0 Å². The van der Waals surface area contributed by atoms with Crippen LogP contribution in [0.15, 0.2) is 12.1 Å². The average molecular weight is 303 g/mol. The topological polar surface area (TPSA) is 75.6 Å². The molecule has 0 saturated heterocycles. The molecule has 1 aromatic carbocycles. The third-order valence-corrected chi connectivity index (χ3v) is 3.98. The molecule has 0 aliphatic heterocycles. The van der Waals surface area contributed by atoms with Crippen molar-refractivity contribution in [2.24, 2.45) is 5.92 Å². The molecule has 0 heterocycles. The lowest BCUT2D eigenvalue weighted by Gasteiger charge is -2.09. The second kappa shape index (κ2) is 6.07. The van der Waals surface area contributed by atoms with E-state index in [0.29, 0.717) is 24.2 Å². The Hall–Kier alpha value is -1.18. The molecule has 0 spiro atoms. The number of hydrogen-bond donors (Lipinski definition) is 2. The van der Waals surface area contributed by atoms with Gasteiger partial charge in [0.25, 0.3) is 0 Å². The van der Waals surface area contributed by atoms with Crippen LogP contribution in [0.25, 0.3) is 0 Å². The maximum atomic E-state index is 13.9. The molecule has 0 fully saturated rings. The number of hydrogen-bond acceptors (Lipinski definition) is 4. The van der Waals surface area contributed by atoms with Crippen LogP contribution in [0.2, 0.25) is 0 Å². The number of fused-ring (bicyclic) bond motifs is 1. The van der Waals surface area contributed by atoms with Crippen molar-refractivity contribution < 1.29 is 22.7 Å². The molecule has 20 heavy (non-hydrogen) atoms. The Kier molecular flexibility index (Phi) is 4.62. The number of benzene rings is 1. The van der Waals surface area contributed by atoms with Gasteiger partial charge in [0, 0.05) is 19.2 Å². The van der Waals surface area contributed by atoms with Gasteiger partial charge in [0.2, 0.25) is 10.0 Å². The van der Waals surface area contributed by atoms with Crippen LogP contribution in [-0.2, 0) is 22.9 Å². The normalized spacial score (nSPS) is 18.1. The second-order valence-corrected chi connectivity index (χ2v) is 6.85. The summed E-state index contributed by atoms with van der Waals surface area (Å²) >= 11 is 0. The SMILES string of the molecule is CS(=O)(=O)NCCOc1cc(F)c2c(c1)CC(CO)C2. The van der Waals surface area contributed by atoms with Gasteiger partial charge < -0.3 is 9.84 Å². The summed E-state index contributed by atoms with van der Waals surface area (Å²) in [6.07, 6.45) is 2.26. The zero-order chi connectivity index (χ0) is 14.8. The van der Waals surface area contributed by atoms with Gasteiger partial charge in [-0.3, -0.25) is 0 Å². The Labute approximate surface area is 117 Å². The number of nitrogens with one attached hydrogen (secondary N) is 1. The fourth-order valence-electron chi connectivity index (χ4n) is 2.36. The lowest BCUT2D eigenvalue weighted by atomic mass is 10.1. The summed E-state index contributed by atoms with van der Waals surface area (Å²) in [6, 6.07) is 3.06. The van der Waals surface area contributed by atoms with Gasteiger partial charge in [-0.2, -0.15) is 0 Å². The van der Waals surface area contributed by atoms with E-state index < -0.39 is 10.0 Å². The zero-order valence-corrected chi connectivity index (χ0v) is 12.0. The van der Waals surface area contributed by atoms with Gasteiger partial charge in [-0.15, -0.1) is 0 Å². The zero-order valence-electron chi connectivity index (χ0n) is 11.2. The van der Waals surface area contributed by atoms with Gasteiger partial charge in [-0.1, -0.05) is 0 Å². The van der Waals surface area contributed by atoms with Crippen molar-refractivity contribution in [2.75, 3.05) is 26.0 Å². The first-order chi connectivity index (χ1) is 9.39. The predicted molar refractivity (Wildman–Crippen MR) is 72.7 cm³/mol. The van der Waals surface area contributed by atoms with Crippen LogP contribution in [0.5, 0.6) is 5.75 Å². The molecular formula is C13H18FNO4S. The minimum Gasteiger partial charge on any atom is -0.492 e. The largest absolute Gasteiger partial charge is 0.492 e. The number of aliphatic hydroxyl groups excluding tert-OH is 1. The maximum Gasteiger partial charge on any atom is 0.208 e. The van der Waals surface area contributed by atoms with Gasteiger partial charge in [0.05, 0.1) is 6.26 Å². The van der Waals surface area contributed by atoms with Crippen LogP contribution in [0.4, 0.5) is 4.39 Å². The molecule has 1 unspecified atom stereocenters. The van der Waals surface area contributed by atoms with E-state index in [4.69, 9.17) is 9.84 Å². The molecule has 0 saturated carbocycles. The van der Waals surface area contributed by atoms with Gasteiger partial charge in [-0.25, -0.2) is 17.5 Å². The van der Waals surface area contributed by atoms with Gasteiger partial charge in [0.15, 0.2) is 0 Å². The maximum absolute atomic E-state index is 13.9. The molecule has 1 aliphatic rings. The van der Waals surface area contributed by atoms with Crippen LogP contribution in [-0.4, -0.2) is 39.5 Å². The van der Waals surface area contributed by atoms with Crippen molar-refractivity contribution in [3.63, 3.8) is 0 Å². The monoisotopic (exact) mass is 303 g/mol. The molecule has 1 aromatic rings. The molecule has 5 nitrogen and oxygen atoms in total. The summed E-state index contributed by atoms with van der Waals surface area (Å²) in [5.74, 6) is 0.126. The van der Waals surface area contributed by atoms with Crippen molar-refractivity contribution in [2.45, 2.75) is 12.8 Å². The van der Waals surface area contributed by atoms with E-state index in [-0.39, 0.29) is 31.5 Å². The molecule has 2 rings (SSSR count). The highest BCUT2D eigenvalue weighted by molar-refractivity contribution is 7.88. The van der Waals surface area contributed by atoms with E-state index in [9.17, 15) is 12.8 Å². The quantitative estimate of drug-likeness (QED) is 0.749. The Morgan fingerprint density at radius 1 is 1.45 bits per heavy atom. The van der Waals surface area contributed by atoms with Crippen molar-refractivity contribution in [1.29, 1.82) is 0 Å². The Morgan fingerprint density at radius 2 is 2.20 bits per heavy atom. The smallest absolute Gasteiger partial charge is 0.208 e. The summed E-state index contributed by atoms with van der Waals surface area (Å²) in [5.41, 5.74) is 1.50. The van der Waals surface area contributed by atoms with Crippen LogP contribution in [0.1, 0.15) is 11.1 Å². The van der Waals surface area contributed by atoms with Gasteiger partial charge >= 0.3 is 0 Å². The highest BCUT2D eigenvalue weighted by atomic mass is 32.2. The molecule has 1 atom stereocenters. The third-order valence-electron chi connectivity index (χ3n) is 3.26. The molecule has 2 N–H and O–H groups in total. The number of rotatable bonds is 6. The molecule has 0 radical (unpaired) electrons. The molecule has 7 heteroatoms. The molecule has 0 amide bonds. The van der Waals surface area contributed by atoms with Crippen LogP contribution in [0.3, 0.4) is 0 Å². The summed E-state index contributed by atoms with van der Waals surface area (Å²) < 4.78 is 43.3. The fraction of sp³-hybridized carbons (Fsp3) is 0.538.